The summed E-state index contributed by atoms with van der Waals surface area (Å²) in [5.74, 6) is -4.38. The third kappa shape index (κ3) is 4.32. The molecule has 1 fully saturated rings. The first-order valence-electron chi connectivity index (χ1n) is 14.4. The lowest BCUT2D eigenvalue weighted by Crippen LogP contribution is -2.63. The number of aromatic nitrogens is 2. The number of benzene rings is 2. The molecule has 2 aliphatic heterocycles. The highest BCUT2D eigenvalue weighted by atomic mass is 19.1. The quantitative estimate of drug-likeness (QED) is 0.294. The molecule has 4 aromatic rings. The zero-order valence-corrected chi connectivity index (χ0v) is 24.8. The van der Waals surface area contributed by atoms with Crippen LogP contribution in [-0.4, -0.2) is 57.2 Å². The number of aromatic hydroxyl groups is 1. The number of fused-ring (bicyclic) bond motifs is 5. The minimum Gasteiger partial charge on any atom is -0.507 e. The van der Waals surface area contributed by atoms with Gasteiger partial charge < -0.3 is 20.2 Å². The Hall–Kier alpha value is -4.80. The Morgan fingerprint density at radius 1 is 1.14 bits per heavy atom. The minimum atomic E-state index is -1.20. The van der Waals surface area contributed by atoms with Crippen LogP contribution in [0.2, 0.25) is 0 Å². The number of piperazine rings is 1. The van der Waals surface area contributed by atoms with Gasteiger partial charge in [0.25, 0.3) is 5.56 Å². The summed E-state index contributed by atoms with van der Waals surface area (Å²) < 4.78 is 49.5. The van der Waals surface area contributed by atoms with Crippen molar-refractivity contribution in [1.82, 2.24) is 14.5 Å². The van der Waals surface area contributed by atoms with E-state index >= 15 is 13.2 Å². The molecule has 0 spiro atoms. The Bertz CT molecular complexity index is 1900. The summed E-state index contributed by atoms with van der Waals surface area (Å²) in [6.45, 7) is 11.9. The van der Waals surface area contributed by atoms with Gasteiger partial charge in [0.2, 0.25) is 5.91 Å². The molecule has 0 bridgehead atoms. The zero-order valence-electron chi connectivity index (χ0n) is 24.8. The molecule has 2 aromatic heterocycles. The van der Waals surface area contributed by atoms with Crippen molar-refractivity contribution in [3.8, 4) is 22.6 Å². The average Bonchev–Trinajstić information content (AvgIpc) is 2.98. The largest absolute Gasteiger partial charge is 0.507 e. The Labute approximate surface area is 252 Å². The zero-order chi connectivity index (χ0) is 31.6. The molecular formula is C33H32F3N5O3. The first kappa shape index (κ1) is 29.3. The standard InChI is InChI=1S/C33H32F3N5O3/c1-6-24(43)39-14-18(5)40-19(15-39)13-38-29-32(40)20-12-22(35)26(25-21(34)8-7-9-23(25)42)27(36)31(20)41(33(29)44)30-17(4)10-11-37-28(30)16(2)3/h6-12,16,18-19,38,42H,1,13-15H2,2-5H3. The number of phenols is 1. The maximum Gasteiger partial charge on any atom is 0.281 e. The van der Waals surface area contributed by atoms with Crippen LogP contribution in [-0.2, 0) is 4.79 Å². The molecule has 44 heavy (non-hydrogen) atoms. The van der Waals surface area contributed by atoms with Crippen LogP contribution in [0.15, 0.2) is 54.0 Å². The van der Waals surface area contributed by atoms with Gasteiger partial charge in [-0.05, 0) is 55.7 Å². The highest BCUT2D eigenvalue weighted by Gasteiger charge is 2.41. The van der Waals surface area contributed by atoms with Gasteiger partial charge in [0.1, 0.15) is 23.1 Å². The Kier molecular flexibility index (Phi) is 7.14. The number of carbonyl (C=O) groups excluding carboxylic acids is 1. The van der Waals surface area contributed by atoms with Crippen LogP contribution >= 0.6 is 0 Å². The SMILES string of the molecule is C=CC(=O)N1CC(C)N2c3c(c(=O)n(-c4c(C)ccnc4C(C)C)c4c(F)c(-c5c(O)cccc5F)c(F)cc34)NCC2C1. The average molecular weight is 604 g/mol. The van der Waals surface area contributed by atoms with Gasteiger partial charge in [0.05, 0.1) is 39.8 Å². The fourth-order valence-electron chi connectivity index (χ4n) is 6.65. The first-order valence-corrected chi connectivity index (χ1v) is 14.4. The number of halogens is 3. The lowest BCUT2D eigenvalue weighted by atomic mass is 9.95. The summed E-state index contributed by atoms with van der Waals surface area (Å²) in [6, 6.07) is 5.52. The van der Waals surface area contributed by atoms with Crippen LogP contribution < -0.4 is 15.8 Å². The number of nitrogens with zero attached hydrogens (tertiary/aromatic N) is 4. The number of amides is 1. The molecule has 2 N–H and O–H groups in total. The summed E-state index contributed by atoms with van der Waals surface area (Å²) in [5.41, 5.74) is -0.353. The fraction of sp³-hybridized carbons (Fsp3) is 0.303. The smallest absolute Gasteiger partial charge is 0.281 e. The van der Waals surface area contributed by atoms with Crippen molar-refractivity contribution in [2.75, 3.05) is 29.9 Å². The van der Waals surface area contributed by atoms with E-state index in [1.54, 1.807) is 24.1 Å². The molecular weight excluding hydrogens is 571 g/mol. The third-order valence-electron chi connectivity index (χ3n) is 8.53. The number of rotatable bonds is 4. The van der Waals surface area contributed by atoms with E-state index in [0.29, 0.717) is 42.3 Å². The van der Waals surface area contributed by atoms with E-state index in [0.717, 1.165) is 18.2 Å². The van der Waals surface area contributed by atoms with E-state index in [1.165, 1.54) is 16.7 Å². The third-order valence-corrected chi connectivity index (χ3v) is 8.53. The van der Waals surface area contributed by atoms with Crippen molar-refractivity contribution in [2.24, 2.45) is 0 Å². The number of hydrogen-bond donors (Lipinski definition) is 2. The van der Waals surface area contributed by atoms with Crippen molar-refractivity contribution in [3.63, 3.8) is 0 Å². The van der Waals surface area contributed by atoms with Crippen LogP contribution in [0.5, 0.6) is 5.75 Å². The van der Waals surface area contributed by atoms with Gasteiger partial charge in [-0.15, -0.1) is 0 Å². The normalized spacial score (nSPS) is 17.8. The van der Waals surface area contributed by atoms with Crippen molar-refractivity contribution in [3.05, 3.63) is 88.2 Å². The van der Waals surface area contributed by atoms with E-state index < -0.39 is 39.9 Å². The van der Waals surface area contributed by atoms with Crippen LogP contribution in [0.3, 0.4) is 0 Å². The minimum absolute atomic E-state index is 0.0830. The maximum absolute atomic E-state index is 17.1. The Morgan fingerprint density at radius 3 is 2.57 bits per heavy atom. The lowest BCUT2D eigenvalue weighted by molar-refractivity contribution is -0.127. The molecule has 2 unspecified atom stereocenters. The Morgan fingerprint density at radius 2 is 1.89 bits per heavy atom. The van der Waals surface area contributed by atoms with Crippen LogP contribution in [0.4, 0.5) is 24.5 Å². The van der Waals surface area contributed by atoms with E-state index in [9.17, 15) is 14.7 Å². The van der Waals surface area contributed by atoms with E-state index in [1.807, 2.05) is 25.7 Å². The molecule has 1 saturated heterocycles. The summed E-state index contributed by atoms with van der Waals surface area (Å²) >= 11 is 0. The van der Waals surface area contributed by atoms with Crippen molar-refractivity contribution in [2.45, 2.75) is 45.7 Å². The number of pyridine rings is 2. The summed E-state index contributed by atoms with van der Waals surface area (Å²) in [6.07, 6.45) is 2.85. The second-order valence-corrected chi connectivity index (χ2v) is 11.7. The number of phenolic OH excluding ortho intramolecular Hbond substituents is 1. The van der Waals surface area contributed by atoms with E-state index in [-0.39, 0.29) is 40.5 Å². The predicted molar refractivity (Wildman–Crippen MR) is 164 cm³/mol. The molecule has 0 radical (unpaired) electrons. The van der Waals surface area contributed by atoms with Gasteiger partial charge >= 0.3 is 0 Å². The second kappa shape index (κ2) is 10.7. The molecule has 2 aliphatic rings. The van der Waals surface area contributed by atoms with Gasteiger partial charge in [-0.3, -0.25) is 19.1 Å². The van der Waals surface area contributed by atoms with Gasteiger partial charge in [-0.1, -0.05) is 26.5 Å². The van der Waals surface area contributed by atoms with Gasteiger partial charge in [0, 0.05) is 37.3 Å². The summed E-state index contributed by atoms with van der Waals surface area (Å²) in [4.78, 5) is 35.2. The van der Waals surface area contributed by atoms with Gasteiger partial charge in [-0.25, -0.2) is 13.2 Å². The predicted octanol–water partition coefficient (Wildman–Crippen LogP) is 5.62. The highest BCUT2D eigenvalue weighted by Crippen LogP contribution is 2.45. The second-order valence-electron chi connectivity index (χ2n) is 11.7. The topological polar surface area (TPSA) is 90.7 Å². The van der Waals surface area contributed by atoms with Gasteiger partial charge in [-0.2, -0.15) is 0 Å². The number of anilines is 2. The van der Waals surface area contributed by atoms with Crippen LogP contribution in [0.25, 0.3) is 27.7 Å². The van der Waals surface area contributed by atoms with Crippen molar-refractivity contribution < 1.29 is 23.1 Å². The summed E-state index contributed by atoms with van der Waals surface area (Å²) in [5, 5.41) is 13.8. The van der Waals surface area contributed by atoms with Crippen molar-refractivity contribution >= 4 is 28.2 Å². The number of nitrogens with one attached hydrogen (secondary N) is 1. The summed E-state index contributed by atoms with van der Waals surface area (Å²) in [7, 11) is 0. The van der Waals surface area contributed by atoms with Crippen LogP contribution in [0.1, 0.15) is 37.9 Å². The molecule has 0 saturated carbocycles. The molecule has 1 amide bonds. The van der Waals surface area contributed by atoms with E-state index in [4.69, 9.17) is 0 Å². The Balaban J connectivity index is 1.76. The fourth-order valence-corrected chi connectivity index (χ4v) is 6.65. The molecule has 2 aromatic carbocycles. The van der Waals surface area contributed by atoms with Crippen LogP contribution in [0, 0.1) is 24.4 Å². The lowest BCUT2D eigenvalue weighted by Gasteiger charge is -2.50. The molecule has 11 heteroatoms. The molecule has 228 valence electrons. The van der Waals surface area contributed by atoms with Crippen molar-refractivity contribution in [1.29, 1.82) is 0 Å². The van der Waals surface area contributed by atoms with Gasteiger partial charge in [0.15, 0.2) is 5.82 Å². The molecule has 0 aliphatic carbocycles. The molecule has 2 atom stereocenters. The number of carbonyl (C=O) groups is 1. The first-order chi connectivity index (χ1) is 21.0. The molecule has 8 nitrogen and oxygen atoms in total. The van der Waals surface area contributed by atoms with E-state index in [2.05, 4.69) is 16.9 Å². The number of aryl methyl sites for hydroxylation is 1. The highest BCUT2D eigenvalue weighted by molar-refractivity contribution is 6.03. The monoisotopic (exact) mass is 603 g/mol. The number of hydrogen-bond acceptors (Lipinski definition) is 6. The maximum atomic E-state index is 17.1. The molecule has 6 rings (SSSR count). The molecule has 4 heterocycles.